The van der Waals surface area contributed by atoms with Crippen molar-refractivity contribution in [1.29, 1.82) is 0 Å². The van der Waals surface area contributed by atoms with Crippen LogP contribution in [0.3, 0.4) is 0 Å². The van der Waals surface area contributed by atoms with Gasteiger partial charge in [0.1, 0.15) is 0 Å². The lowest BCUT2D eigenvalue weighted by Gasteiger charge is -2.48. The first-order chi connectivity index (χ1) is 13.0. The highest BCUT2D eigenvalue weighted by atomic mass is 16.2. The van der Waals surface area contributed by atoms with E-state index in [0.717, 1.165) is 54.8 Å². The van der Waals surface area contributed by atoms with E-state index in [2.05, 4.69) is 21.6 Å². The molecule has 6 nitrogen and oxygen atoms in total. The Labute approximate surface area is 160 Å². The lowest BCUT2D eigenvalue weighted by Crippen LogP contribution is -2.55. The summed E-state index contributed by atoms with van der Waals surface area (Å²) in [5.41, 5.74) is 3.43. The van der Waals surface area contributed by atoms with Crippen LogP contribution in [0.1, 0.15) is 74.7 Å². The number of aryl methyl sites for hydroxylation is 2. The van der Waals surface area contributed by atoms with E-state index < -0.39 is 5.41 Å². The van der Waals surface area contributed by atoms with Crippen molar-refractivity contribution in [3.05, 3.63) is 28.7 Å². The van der Waals surface area contributed by atoms with E-state index in [1.54, 1.807) is 0 Å². The number of fused-ring (bicyclic) bond motifs is 1. The van der Waals surface area contributed by atoms with Gasteiger partial charge in [0, 0.05) is 36.0 Å². The summed E-state index contributed by atoms with van der Waals surface area (Å²) in [6, 6.07) is 0.285. The number of H-pyrrole nitrogens is 1. The minimum absolute atomic E-state index is 0.0731. The monoisotopic (exact) mass is 370 g/mol. The largest absolute Gasteiger partial charge is 0.351 e. The van der Waals surface area contributed by atoms with Crippen LogP contribution in [-0.2, 0) is 16.1 Å². The molecule has 1 aliphatic heterocycles. The Hall–Kier alpha value is -2.11. The summed E-state index contributed by atoms with van der Waals surface area (Å²) in [6.07, 6.45) is 10.6. The minimum atomic E-state index is -0.541. The van der Waals surface area contributed by atoms with Gasteiger partial charge >= 0.3 is 0 Å². The zero-order valence-corrected chi connectivity index (χ0v) is 16.4. The Balaban J connectivity index is 1.59. The number of rotatable bonds is 4. The fourth-order valence-corrected chi connectivity index (χ4v) is 5.20. The summed E-state index contributed by atoms with van der Waals surface area (Å²) >= 11 is 0. The molecule has 0 spiro atoms. The number of carbonyl (C=O) groups excluding carboxylic acids is 2. The summed E-state index contributed by atoms with van der Waals surface area (Å²) in [5, 5.41) is 10.4. The second-order valence-electron chi connectivity index (χ2n) is 8.36. The van der Waals surface area contributed by atoms with Crippen LogP contribution in [0.4, 0.5) is 0 Å². The van der Waals surface area contributed by atoms with Crippen molar-refractivity contribution in [3.63, 3.8) is 0 Å². The van der Waals surface area contributed by atoms with Gasteiger partial charge in [-0.1, -0.05) is 18.9 Å². The molecule has 6 heteroatoms. The van der Waals surface area contributed by atoms with Gasteiger partial charge in [-0.15, -0.1) is 0 Å². The van der Waals surface area contributed by atoms with E-state index in [9.17, 15) is 9.59 Å². The van der Waals surface area contributed by atoms with Crippen molar-refractivity contribution in [1.82, 2.24) is 20.4 Å². The standard InChI is InChI=1S/C21H30N4O2/c1-14-17(15(2)24-23-14)13-22-20(27)21-11-6-5-9-18(21)25(19(26)10-12-21)16-7-3-4-8-16/h9,16H,3-8,10-13H2,1-2H3,(H,22,27)(H,23,24). The van der Waals surface area contributed by atoms with Crippen LogP contribution in [0, 0.1) is 19.3 Å². The molecule has 2 amide bonds. The van der Waals surface area contributed by atoms with Gasteiger partial charge in [-0.25, -0.2) is 0 Å². The molecule has 1 saturated heterocycles. The molecule has 1 atom stereocenters. The predicted molar refractivity (Wildman–Crippen MR) is 103 cm³/mol. The molecule has 3 aliphatic rings. The van der Waals surface area contributed by atoms with E-state index in [1.807, 2.05) is 18.7 Å². The minimum Gasteiger partial charge on any atom is -0.351 e. The van der Waals surface area contributed by atoms with Crippen molar-refractivity contribution in [2.24, 2.45) is 5.41 Å². The van der Waals surface area contributed by atoms with Crippen molar-refractivity contribution in [2.45, 2.75) is 84.2 Å². The number of hydrogen-bond donors (Lipinski definition) is 2. The van der Waals surface area contributed by atoms with Gasteiger partial charge in [0.25, 0.3) is 0 Å². The van der Waals surface area contributed by atoms with E-state index in [1.165, 1.54) is 12.8 Å². The Kier molecular flexibility index (Phi) is 4.82. The molecular weight excluding hydrogens is 340 g/mol. The SMILES string of the molecule is Cc1n[nH]c(C)c1CNC(=O)C12CCCC=C1N(C1CCCC1)C(=O)CC2. The molecule has 2 aliphatic carbocycles. The lowest BCUT2D eigenvalue weighted by atomic mass is 9.68. The molecule has 2 fully saturated rings. The Morgan fingerprint density at radius 1 is 1.30 bits per heavy atom. The molecule has 0 aromatic carbocycles. The van der Waals surface area contributed by atoms with Crippen LogP contribution in [0.25, 0.3) is 0 Å². The highest BCUT2D eigenvalue weighted by Gasteiger charge is 2.51. The maximum absolute atomic E-state index is 13.4. The Morgan fingerprint density at radius 2 is 2.07 bits per heavy atom. The number of allylic oxidation sites excluding steroid dienone is 1. The molecule has 1 unspecified atom stereocenters. The number of aromatic amines is 1. The van der Waals surface area contributed by atoms with E-state index in [-0.39, 0.29) is 17.9 Å². The Bertz CT molecular complexity index is 756. The maximum Gasteiger partial charge on any atom is 0.232 e. The molecule has 0 radical (unpaired) electrons. The second kappa shape index (κ2) is 7.13. The van der Waals surface area contributed by atoms with Crippen molar-refractivity contribution in [2.75, 3.05) is 0 Å². The van der Waals surface area contributed by atoms with Crippen molar-refractivity contribution in [3.8, 4) is 0 Å². The van der Waals surface area contributed by atoms with Crippen LogP contribution in [0.5, 0.6) is 0 Å². The topological polar surface area (TPSA) is 78.1 Å². The highest BCUT2D eigenvalue weighted by molar-refractivity contribution is 5.91. The maximum atomic E-state index is 13.4. The van der Waals surface area contributed by atoms with Crippen molar-refractivity contribution < 1.29 is 9.59 Å². The Morgan fingerprint density at radius 3 is 2.78 bits per heavy atom. The quantitative estimate of drug-likeness (QED) is 0.854. The summed E-state index contributed by atoms with van der Waals surface area (Å²) < 4.78 is 0. The third-order valence-corrected chi connectivity index (χ3v) is 6.76. The molecule has 27 heavy (non-hydrogen) atoms. The molecule has 4 rings (SSSR count). The summed E-state index contributed by atoms with van der Waals surface area (Å²) in [5.74, 6) is 0.281. The van der Waals surface area contributed by atoms with Gasteiger partial charge in [0.15, 0.2) is 0 Å². The summed E-state index contributed by atoms with van der Waals surface area (Å²) in [4.78, 5) is 28.2. The molecule has 146 valence electrons. The average Bonchev–Trinajstić information content (AvgIpc) is 3.30. The molecule has 1 saturated carbocycles. The van der Waals surface area contributed by atoms with Crippen LogP contribution >= 0.6 is 0 Å². The van der Waals surface area contributed by atoms with Gasteiger partial charge in [-0.05, 0) is 52.4 Å². The number of carbonyl (C=O) groups is 2. The third kappa shape index (κ3) is 3.09. The number of hydrogen-bond acceptors (Lipinski definition) is 3. The van der Waals surface area contributed by atoms with Gasteiger partial charge < -0.3 is 10.2 Å². The summed E-state index contributed by atoms with van der Waals surface area (Å²) in [7, 11) is 0. The fourth-order valence-electron chi connectivity index (χ4n) is 5.20. The third-order valence-electron chi connectivity index (χ3n) is 6.76. The molecule has 1 aromatic rings. The normalized spacial score (nSPS) is 26.1. The molecule has 2 N–H and O–H groups in total. The van der Waals surface area contributed by atoms with Gasteiger partial charge in [0.05, 0.1) is 11.1 Å². The van der Waals surface area contributed by atoms with Crippen LogP contribution < -0.4 is 5.32 Å². The van der Waals surface area contributed by atoms with Crippen molar-refractivity contribution >= 4 is 11.8 Å². The lowest BCUT2D eigenvalue weighted by molar-refractivity contribution is -0.142. The van der Waals surface area contributed by atoms with Crippen LogP contribution in [0.15, 0.2) is 11.8 Å². The number of likely N-dealkylation sites (tertiary alicyclic amines) is 1. The number of aromatic nitrogens is 2. The number of piperidine rings is 1. The second-order valence-corrected chi connectivity index (χ2v) is 8.36. The first-order valence-electron chi connectivity index (χ1n) is 10.3. The number of amides is 2. The number of nitrogens with one attached hydrogen (secondary N) is 2. The van der Waals surface area contributed by atoms with E-state index in [4.69, 9.17) is 0 Å². The molecule has 0 bridgehead atoms. The summed E-state index contributed by atoms with van der Waals surface area (Å²) in [6.45, 7) is 4.42. The van der Waals surface area contributed by atoms with E-state index >= 15 is 0 Å². The predicted octanol–water partition coefficient (Wildman–Crippen LogP) is 3.26. The fraction of sp³-hybridized carbons (Fsp3) is 0.667. The van der Waals surface area contributed by atoms with Gasteiger partial charge in [-0.3, -0.25) is 14.7 Å². The van der Waals surface area contributed by atoms with Gasteiger partial charge in [-0.2, -0.15) is 5.10 Å². The molecule has 1 aromatic heterocycles. The van der Waals surface area contributed by atoms with Gasteiger partial charge in [0.2, 0.25) is 11.8 Å². The van der Waals surface area contributed by atoms with E-state index in [0.29, 0.717) is 19.4 Å². The first kappa shape index (κ1) is 18.3. The van der Waals surface area contributed by atoms with Crippen LogP contribution in [0.2, 0.25) is 0 Å². The molecular formula is C21H30N4O2. The smallest absolute Gasteiger partial charge is 0.232 e. The zero-order chi connectivity index (χ0) is 19.0. The molecule has 2 heterocycles. The zero-order valence-electron chi connectivity index (χ0n) is 16.4. The van der Waals surface area contributed by atoms with Crippen LogP contribution in [-0.4, -0.2) is 33.0 Å². The highest BCUT2D eigenvalue weighted by Crippen LogP contribution is 2.49. The average molecular weight is 370 g/mol. The first-order valence-corrected chi connectivity index (χ1v) is 10.3. The number of nitrogens with zero attached hydrogens (tertiary/aromatic N) is 2.